The highest BCUT2D eigenvalue weighted by atomic mass is 32.2. The van der Waals surface area contributed by atoms with E-state index < -0.39 is 0 Å². The first-order valence-corrected chi connectivity index (χ1v) is 7.05. The van der Waals surface area contributed by atoms with Crippen LogP contribution in [0.4, 0.5) is 0 Å². The van der Waals surface area contributed by atoms with Crippen molar-refractivity contribution in [2.75, 3.05) is 5.75 Å². The average molecular weight is 257 g/mol. The number of hydrogen-bond acceptors (Lipinski definition) is 4. The van der Waals surface area contributed by atoms with Gasteiger partial charge in [0.05, 0.1) is 5.52 Å². The maximum atomic E-state index is 4.48. The van der Waals surface area contributed by atoms with E-state index in [0.29, 0.717) is 5.65 Å². The van der Waals surface area contributed by atoms with Gasteiger partial charge in [-0.25, -0.2) is 0 Å². The molecule has 3 aromatic rings. The Balaban J connectivity index is 1.99. The van der Waals surface area contributed by atoms with E-state index >= 15 is 0 Å². The molecule has 92 valence electrons. The first-order chi connectivity index (χ1) is 8.88. The van der Waals surface area contributed by atoms with Gasteiger partial charge in [0, 0.05) is 5.39 Å². The number of benzene rings is 1. The number of unbranched alkanes of at least 4 members (excludes halogenated alkanes) is 1. The predicted molar refractivity (Wildman–Crippen MR) is 73.8 cm³/mol. The third kappa shape index (κ3) is 2.06. The van der Waals surface area contributed by atoms with E-state index in [1.165, 1.54) is 12.8 Å². The van der Waals surface area contributed by atoms with Crippen molar-refractivity contribution in [2.24, 2.45) is 0 Å². The molecule has 3 rings (SSSR count). The molecule has 2 aromatic heterocycles. The molecule has 0 bridgehead atoms. The van der Waals surface area contributed by atoms with E-state index in [0.717, 1.165) is 27.3 Å². The van der Waals surface area contributed by atoms with Crippen molar-refractivity contribution >= 4 is 33.8 Å². The number of hydrogen-bond donors (Lipinski definition) is 0. The zero-order valence-corrected chi connectivity index (χ0v) is 10.9. The van der Waals surface area contributed by atoms with Gasteiger partial charge in [-0.05, 0) is 23.3 Å². The Morgan fingerprint density at radius 1 is 1.22 bits per heavy atom. The molecule has 0 aliphatic heterocycles. The molecule has 4 nitrogen and oxygen atoms in total. The van der Waals surface area contributed by atoms with Gasteiger partial charge in [0.1, 0.15) is 5.16 Å². The summed E-state index contributed by atoms with van der Waals surface area (Å²) in [6.45, 7) is 2.17. The lowest BCUT2D eigenvalue weighted by molar-refractivity contribution is 0.862. The molecule has 0 amide bonds. The lowest BCUT2D eigenvalue weighted by Crippen LogP contribution is -1.92. The second kappa shape index (κ2) is 4.94. The highest BCUT2D eigenvalue weighted by Gasteiger charge is 2.01. The molecule has 0 aliphatic carbocycles. The smallest absolute Gasteiger partial charge is 0.108 e. The van der Waals surface area contributed by atoms with Gasteiger partial charge in [0.25, 0.3) is 0 Å². The Bertz CT molecular complexity index is 677. The summed E-state index contributed by atoms with van der Waals surface area (Å²) in [7, 11) is 0. The van der Waals surface area contributed by atoms with Crippen LogP contribution in [0.25, 0.3) is 22.1 Å². The Kier molecular flexibility index (Phi) is 3.15. The van der Waals surface area contributed by atoms with Crippen molar-refractivity contribution in [2.45, 2.75) is 24.9 Å². The maximum Gasteiger partial charge on any atom is 0.108 e. The summed E-state index contributed by atoms with van der Waals surface area (Å²) in [6, 6.07) is 7.93. The van der Waals surface area contributed by atoms with Crippen LogP contribution < -0.4 is 4.98 Å². The second-order valence-corrected chi connectivity index (χ2v) is 5.16. The van der Waals surface area contributed by atoms with E-state index in [1.807, 2.05) is 24.3 Å². The van der Waals surface area contributed by atoms with Crippen LogP contribution in [0.3, 0.4) is 0 Å². The molecule has 18 heavy (non-hydrogen) atoms. The van der Waals surface area contributed by atoms with Crippen LogP contribution in [0.2, 0.25) is 0 Å². The van der Waals surface area contributed by atoms with Crippen LogP contribution in [0.15, 0.2) is 29.4 Å². The topological polar surface area (TPSA) is 52.8 Å². The fourth-order valence-corrected chi connectivity index (χ4v) is 2.68. The molecular formula is C13H13N4S-. The second-order valence-electron chi connectivity index (χ2n) is 4.10. The number of aromatic nitrogens is 4. The number of thioether (sulfide) groups is 1. The first-order valence-electron chi connectivity index (χ1n) is 6.07. The van der Waals surface area contributed by atoms with Crippen molar-refractivity contribution in [1.29, 1.82) is 0 Å². The summed E-state index contributed by atoms with van der Waals surface area (Å²) < 4.78 is 0. The van der Waals surface area contributed by atoms with Gasteiger partial charge in [-0.2, -0.15) is 0 Å². The quantitative estimate of drug-likeness (QED) is 0.531. The molecule has 0 saturated heterocycles. The van der Waals surface area contributed by atoms with Crippen LogP contribution in [-0.2, 0) is 0 Å². The number of rotatable bonds is 4. The van der Waals surface area contributed by atoms with Crippen molar-refractivity contribution in [3.8, 4) is 0 Å². The van der Waals surface area contributed by atoms with Crippen LogP contribution in [0.1, 0.15) is 19.8 Å². The molecule has 0 atom stereocenters. The minimum atomic E-state index is 0.699. The Morgan fingerprint density at radius 3 is 3.00 bits per heavy atom. The van der Waals surface area contributed by atoms with E-state index in [2.05, 4.69) is 27.1 Å². The van der Waals surface area contributed by atoms with Crippen LogP contribution in [0.5, 0.6) is 0 Å². The molecule has 0 aliphatic rings. The van der Waals surface area contributed by atoms with E-state index in [1.54, 1.807) is 11.8 Å². The zero-order valence-electron chi connectivity index (χ0n) is 10.1. The first kappa shape index (κ1) is 11.5. The predicted octanol–water partition coefficient (Wildman–Crippen LogP) is 3.03. The fraction of sp³-hybridized carbons (Fsp3) is 0.308. The van der Waals surface area contributed by atoms with Gasteiger partial charge < -0.3 is 9.97 Å². The van der Waals surface area contributed by atoms with Gasteiger partial charge in [0.2, 0.25) is 0 Å². The monoisotopic (exact) mass is 257 g/mol. The fourth-order valence-electron chi connectivity index (χ4n) is 1.81. The Labute approximate surface area is 109 Å². The third-order valence-electron chi connectivity index (χ3n) is 2.76. The molecule has 0 fully saturated rings. The van der Waals surface area contributed by atoms with Crippen LogP contribution in [0, 0.1) is 0 Å². The standard InChI is InChI=1S/C13H13N4S/c1-2-3-8-18-13-15-12-11(16-17-13)9-6-4-5-7-10(9)14-12/h4-7H,2-3,8H2,1H3/q-1. The average Bonchev–Trinajstić information content (AvgIpc) is 2.76. The highest BCUT2D eigenvalue weighted by molar-refractivity contribution is 7.99. The lowest BCUT2D eigenvalue weighted by Gasteiger charge is -2.04. The Morgan fingerprint density at radius 2 is 2.11 bits per heavy atom. The van der Waals surface area contributed by atoms with Crippen LogP contribution in [-0.4, -0.2) is 20.9 Å². The largest absolute Gasteiger partial charge is 0.434 e. The summed E-state index contributed by atoms with van der Waals surface area (Å²) in [5.41, 5.74) is 2.43. The van der Waals surface area contributed by atoms with Gasteiger partial charge in [-0.1, -0.05) is 37.6 Å². The number of para-hydroxylation sites is 1. The summed E-state index contributed by atoms with van der Waals surface area (Å²) in [6.07, 6.45) is 2.35. The summed E-state index contributed by atoms with van der Waals surface area (Å²) in [4.78, 5) is 8.94. The molecule has 0 unspecified atom stereocenters. The van der Waals surface area contributed by atoms with E-state index in [-0.39, 0.29) is 0 Å². The molecule has 0 saturated carbocycles. The van der Waals surface area contributed by atoms with Gasteiger partial charge >= 0.3 is 0 Å². The Hall–Kier alpha value is -1.62. The maximum absolute atomic E-state index is 4.48. The molecule has 1 aromatic carbocycles. The van der Waals surface area contributed by atoms with Gasteiger partial charge in [0.15, 0.2) is 0 Å². The minimum absolute atomic E-state index is 0.699. The zero-order chi connectivity index (χ0) is 12.4. The van der Waals surface area contributed by atoms with E-state index in [9.17, 15) is 0 Å². The van der Waals surface area contributed by atoms with Crippen molar-refractivity contribution in [3.05, 3.63) is 24.3 Å². The molecule has 0 spiro atoms. The lowest BCUT2D eigenvalue weighted by atomic mass is 10.2. The summed E-state index contributed by atoms with van der Waals surface area (Å²) >= 11 is 1.65. The van der Waals surface area contributed by atoms with E-state index in [4.69, 9.17) is 0 Å². The molecule has 5 heteroatoms. The molecule has 0 N–H and O–H groups in total. The third-order valence-corrected chi connectivity index (χ3v) is 3.69. The van der Waals surface area contributed by atoms with Crippen molar-refractivity contribution in [1.82, 2.24) is 20.2 Å². The van der Waals surface area contributed by atoms with Crippen LogP contribution >= 0.6 is 11.8 Å². The molecule has 2 heterocycles. The summed E-state index contributed by atoms with van der Waals surface area (Å²) in [5, 5.41) is 10.2. The minimum Gasteiger partial charge on any atom is -0.434 e. The number of fused-ring (bicyclic) bond motifs is 3. The highest BCUT2D eigenvalue weighted by Crippen LogP contribution is 2.22. The van der Waals surface area contributed by atoms with Crippen molar-refractivity contribution in [3.63, 3.8) is 0 Å². The molecular weight excluding hydrogens is 244 g/mol. The SMILES string of the molecule is CCCCSc1nnc2c(n1)[n-]c1ccccc12. The van der Waals surface area contributed by atoms with Gasteiger partial charge in [-0.15, -0.1) is 22.0 Å². The normalized spacial score (nSPS) is 11.4. The van der Waals surface area contributed by atoms with Gasteiger partial charge in [-0.3, -0.25) is 0 Å². The number of nitrogens with zero attached hydrogens (tertiary/aromatic N) is 4. The van der Waals surface area contributed by atoms with Crippen molar-refractivity contribution < 1.29 is 0 Å². The molecule has 0 radical (unpaired) electrons. The summed E-state index contributed by atoms with van der Waals surface area (Å²) in [5.74, 6) is 1.03.